The highest BCUT2D eigenvalue weighted by Crippen LogP contribution is 2.51. The van der Waals surface area contributed by atoms with Crippen LogP contribution >= 0.6 is 15.9 Å². The van der Waals surface area contributed by atoms with Gasteiger partial charge in [0.1, 0.15) is 5.75 Å². The number of nitrogens with zero attached hydrogens (tertiary/aromatic N) is 1. The predicted molar refractivity (Wildman–Crippen MR) is 136 cm³/mol. The Morgan fingerprint density at radius 1 is 1.24 bits per heavy atom. The van der Waals surface area contributed by atoms with Gasteiger partial charge in [0, 0.05) is 17.1 Å². The highest BCUT2D eigenvalue weighted by Gasteiger charge is 2.56. The van der Waals surface area contributed by atoms with E-state index in [0.717, 1.165) is 41.3 Å². The number of halogens is 1. The third-order valence-electron chi connectivity index (χ3n) is 7.60. The summed E-state index contributed by atoms with van der Waals surface area (Å²) in [4.78, 5) is 26.9. The summed E-state index contributed by atoms with van der Waals surface area (Å²) in [5, 5.41) is 20.9. The van der Waals surface area contributed by atoms with Crippen LogP contribution in [0.4, 0.5) is 0 Å². The molecule has 4 rings (SSSR count). The van der Waals surface area contributed by atoms with Crippen molar-refractivity contribution < 1.29 is 24.4 Å². The largest absolute Gasteiger partial charge is 0.507 e. The van der Waals surface area contributed by atoms with Crippen molar-refractivity contribution in [1.29, 1.82) is 0 Å². The van der Waals surface area contributed by atoms with Crippen LogP contribution < -0.4 is 0 Å². The first-order valence-corrected chi connectivity index (χ1v) is 13.1. The molecule has 182 valence electrons. The topological polar surface area (TPSA) is 87.1 Å². The lowest BCUT2D eigenvalue weighted by molar-refractivity contribution is -0.138. The molecule has 2 saturated heterocycles. The third kappa shape index (κ3) is 4.77. The zero-order valence-corrected chi connectivity index (χ0v) is 21.7. The number of likely N-dealkylation sites (tertiary alicyclic amines) is 1. The smallest absolute Gasteiger partial charge is 0.455 e. The zero-order chi connectivity index (χ0) is 24.6. The second kappa shape index (κ2) is 10.4. The Hall–Kier alpha value is -1.90. The van der Waals surface area contributed by atoms with Gasteiger partial charge in [0.15, 0.2) is 0 Å². The van der Waals surface area contributed by atoms with Gasteiger partial charge < -0.3 is 14.8 Å². The molecule has 8 heteroatoms. The second-order valence-corrected chi connectivity index (χ2v) is 10.6. The average molecular weight is 530 g/mol. The number of fused-ring (bicyclic) bond motifs is 3. The fourth-order valence-electron chi connectivity index (χ4n) is 6.03. The summed E-state index contributed by atoms with van der Waals surface area (Å²) in [6, 6.07) is 5.39. The Morgan fingerprint density at radius 3 is 2.71 bits per heavy atom. The van der Waals surface area contributed by atoms with Gasteiger partial charge in [-0.2, -0.15) is 0 Å². The number of rotatable bonds is 7. The summed E-state index contributed by atoms with van der Waals surface area (Å²) < 4.78 is 6.96. The number of allylic oxidation sites excluding steroid dienone is 2. The monoisotopic (exact) mass is 529 g/mol. The van der Waals surface area contributed by atoms with Gasteiger partial charge >= 0.3 is 7.12 Å². The number of phenolic OH excluding ortho intramolecular Hbond substituents is 1. The van der Waals surface area contributed by atoms with Crippen molar-refractivity contribution in [1.82, 2.24) is 4.90 Å². The van der Waals surface area contributed by atoms with Crippen molar-refractivity contribution in [2.45, 2.75) is 64.8 Å². The van der Waals surface area contributed by atoms with Crippen LogP contribution in [0.5, 0.6) is 5.75 Å². The van der Waals surface area contributed by atoms with E-state index in [1.54, 1.807) is 13.1 Å². The van der Waals surface area contributed by atoms with Crippen LogP contribution in [0.2, 0.25) is 6.32 Å². The maximum absolute atomic E-state index is 13.0. The first-order valence-electron chi connectivity index (χ1n) is 12.3. The van der Waals surface area contributed by atoms with Crippen molar-refractivity contribution in [2.75, 3.05) is 7.05 Å². The minimum Gasteiger partial charge on any atom is -0.507 e. The number of imide groups is 1. The summed E-state index contributed by atoms with van der Waals surface area (Å²) in [7, 11) is 0.623. The fraction of sp³-hybridized carbons (Fsp3) is 0.538. The van der Waals surface area contributed by atoms with Crippen molar-refractivity contribution in [3.05, 3.63) is 45.0 Å². The maximum atomic E-state index is 13.0. The summed E-state index contributed by atoms with van der Waals surface area (Å²) in [6.45, 7) is 4.22. The Labute approximate surface area is 210 Å². The molecule has 0 saturated carbocycles. The Balaban J connectivity index is 1.61. The molecular weight excluding hydrogens is 497 g/mol. The van der Waals surface area contributed by atoms with E-state index in [-0.39, 0.29) is 35.5 Å². The number of phenols is 1. The molecule has 34 heavy (non-hydrogen) atoms. The lowest BCUT2D eigenvalue weighted by Crippen LogP contribution is -2.46. The highest BCUT2D eigenvalue weighted by atomic mass is 79.9. The molecule has 4 atom stereocenters. The van der Waals surface area contributed by atoms with Crippen molar-refractivity contribution in [2.24, 2.45) is 17.8 Å². The molecule has 2 aliphatic heterocycles. The molecule has 1 aromatic rings. The van der Waals surface area contributed by atoms with Crippen molar-refractivity contribution >= 4 is 40.9 Å². The van der Waals surface area contributed by atoms with E-state index in [9.17, 15) is 19.7 Å². The predicted octanol–water partition coefficient (Wildman–Crippen LogP) is 4.96. The molecule has 0 radical (unpaired) electrons. The molecule has 0 unspecified atom stereocenters. The van der Waals surface area contributed by atoms with Crippen LogP contribution in [0, 0.1) is 17.8 Å². The molecule has 2 amide bonds. The fourth-order valence-corrected chi connectivity index (χ4v) is 6.41. The summed E-state index contributed by atoms with van der Waals surface area (Å²) in [5.41, 5.74) is 4.31. The van der Waals surface area contributed by atoms with Crippen molar-refractivity contribution in [3.8, 4) is 5.75 Å². The lowest BCUT2D eigenvalue weighted by Gasteiger charge is -2.43. The second-order valence-electron chi connectivity index (χ2n) is 9.70. The van der Waals surface area contributed by atoms with Crippen LogP contribution in [0.3, 0.4) is 0 Å². The first kappa shape index (κ1) is 25.2. The normalized spacial score (nSPS) is 27.4. The SMILES string of the molecule is CCC/C(=C\c1cc(Br)ccc1O)CC[C@H]1OB(O)C[C@H]2C1=C(CC)C[C@H]1C(=O)N(C)C(=O)[C@H]12. The first-order chi connectivity index (χ1) is 16.2. The van der Waals surface area contributed by atoms with Crippen LogP contribution in [0.1, 0.15) is 57.9 Å². The van der Waals surface area contributed by atoms with E-state index < -0.39 is 13.0 Å². The Morgan fingerprint density at radius 2 is 2.00 bits per heavy atom. The van der Waals surface area contributed by atoms with Gasteiger partial charge in [-0.15, -0.1) is 0 Å². The summed E-state index contributed by atoms with van der Waals surface area (Å²) in [5.74, 6) is -0.854. The van der Waals surface area contributed by atoms with Crippen molar-refractivity contribution in [3.63, 3.8) is 0 Å². The van der Waals surface area contributed by atoms with Crippen LogP contribution in [0.25, 0.3) is 6.08 Å². The quantitative estimate of drug-likeness (QED) is 0.296. The molecule has 2 heterocycles. The van der Waals surface area contributed by atoms with Crippen LogP contribution in [-0.4, -0.2) is 47.1 Å². The standard InChI is InChI=1S/C26H33BBrNO5/c1-4-6-15(11-17-12-18(28)8-9-21(17)30)7-10-22-23-16(5-2)13-19-24(20(23)14-27(33)34-22)26(32)29(3)25(19)31/h8-9,11-12,19-20,22,24,30,33H,4-7,10,13-14H2,1-3H3/b15-11+/t19-,20+,22-,24-/m1/s1. The number of benzene rings is 1. The number of carbonyl (C=O) groups is 2. The molecule has 2 N–H and O–H groups in total. The molecule has 0 spiro atoms. The number of carbonyl (C=O) groups excluding carboxylic acids is 2. The van der Waals surface area contributed by atoms with Gasteiger partial charge in [0.25, 0.3) is 0 Å². The van der Waals surface area contributed by atoms with Gasteiger partial charge in [-0.1, -0.05) is 53.4 Å². The molecule has 2 fully saturated rings. The molecular formula is C26H33BBrNO5. The van der Waals surface area contributed by atoms with Gasteiger partial charge in [0.2, 0.25) is 11.8 Å². The molecule has 0 bridgehead atoms. The van der Waals surface area contributed by atoms with E-state index in [4.69, 9.17) is 4.65 Å². The number of hydrogen-bond donors (Lipinski definition) is 2. The zero-order valence-electron chi connectivity index (χ0n) is 20.1. The Bertz CT molecular complexity index is 1040. The molecule has 0 aromatic heterocycles. The lowest BCUT2D eigenvalue weighted by atomic mass is 9.58. The van der Waals surface area contributed by atoms with Gasteiger partial charge in [-0.25, -0.2) is 0 Å². The Kier molecular flexibility index (Phi) is 7.70. The summed E-state index contributed by atoms with van der Waals surface area (Å²) >= 11 is 3.47. The van der Waals surface area contributed by atoms with Gasteiger partial charge in [-0.05, 0) is 68.1 Å². The van der Waals surface area contributed by atoms with E-state index >= 15 is 0 Å². The number of hydrogen-bond acceptors (Lipinski definition) is 5. The van der Waals surface area contributed by atoms with Crippen LogP contribution in [0.15, 0.2) is 39.4 Å². The molecule has 1 aliphatic carbocycles. The van der Waals surface area contributed by atoms with Crippen LogP contribution in [-0.2, 0) is 14.2 Å². The number of aromatic hydroxyl groups is 1. The number of amides is 2. The van der Waals surface area contributed by atoms with Gasteiger partial charge in [0.05, 0.1) is 17.9 Å². The van der Waals surface area contributed by atoms with E-state index in [2.05, 4.69) is 29.8 Å². The van der Waals surface area contributed by atoms with Gasteiger partial charge in [-0.3, -0.25) is 14.5 Å². The van der Waals surface area contributed by atoms with E-state index in [0.29, 0.717) is 19.2 Å². The minimum absolute atomic E-state index is 0.0977. The molecule has 3 aliphatic rings. The average Bonchev–Trinajstić information content (AvgIpc) is 3.02. The van der Waals surface area contributed by atoms with E-state index in [1.807, 2.05) is 18.2 Å². The highest BCUT2D eigenvalue weighted by molar-refractivity contribution is 9.10. The summed E-state index contributed by atoms with van der Waals surface area (Å²) in [6.07, 6.45) is 6.83. The molecule has 1 aromatic carbocycles. The molecule has 6 nitrogen and oxygen atoms in total. The maximum Gasteiger partial charge on any atom is 0.455 e. The van der Waals surface area contributed by atoms with E-state index in [1.165, 1.54) is 16.0 Å². The third-order valence-corrected chi connectivity index (χ3v) is 8.10. The minimum atomic E-state index is -0.947.